The molecule has 5 nitrogen and oxygen atoms in total. The van der Waals surface area contributed by atoms with Gasteiger partial charge in [-0.25, -0.2) is 4.98 Å². The molecule has 1 amide bonds. The number of nitrogens with zero attached hydrogens (tertiary/aromatic N) is 2. The molecule has 0 fully saturated rings. The van der Waals surface area contributed by atoms with Gasteiger partial charge in [0.05, 0.1) is 12.0 Å². The number of thiazole rings is 1. The maximum absolute atomic E-state index is 12.1. The molecule has 0 saturated heterocycles. The molecule has 142 valence electrons. The summed E-state index contributed by atoms with van der Waals surface area (Å²) in [6.45, 7) is 7.38. The van der Waals surface area contributed by atoms with Crippen molar-refractivity contribution in [1.82, 2.24) is 9.55 Å². The Morgan fingerprint density at radius 1 is 1.21 bits per heavy atom. The number of carbonyl (C=O) groups is 1. The average molecular weight is 391 g/mol. The molecule has 0 aliphatic heterocycles. The smallest absolute Gasteiger partial charge is 0.291 e. The summed E-state index contributed by atoms with van der Waals surface area (Å²) in [5.74, 6) is 0.0267. The van der Waals surface area contributed by atoms with Crippen LogP contribution < -0.4 is 5.32 Å². The summed E-state index contributed by atoms with van der Waals surface area (Å²) < 4.78 is 7.41. The second kappa shape index (κ2) is 7.48. The number of furan rings is 1. The molecule has 1 N–H and O–H groups in total. The van der Waals surface area contributed by atoms with Gasteiger partial charge in [-0.2, -0.15) is 0 Å². The molecule has 0 saturated carbocycles. The molecule has 3 aromatic heterocycles. The van der Waals surface area contributed by atoms with Crippen molar-refractivity contribution in [3.63, 3.8) is 0 Å². The highest BCUT2D eigenvalue weighted by Gasteiger charge is 2.14. The van der Waals surface area contributed by atoms with Gasteiger partial charge in [-0.15, -0.1) is 11.3 Å². The van der Waals surface area contributed by atoms with Gasteiger partial charge < -0.3 is 14.3 Å². The van der Waals surface area contributed by atoms with Gasteiger partial charge in [0.15, 0.2) is 5.76 Å². The van der Waals surface area contributed by atoms with Crippen molar-refractivity contribution >= 4 is 22.9 Å². The Kier molecular flexibility index (Phi) is 4.88. The first kappa shape index (κ1) is 18.3. The van der Waals surface area contributed by atoms with Crippen LogP contribution >= 0.6 is 11.3 Å². The number of amides is 1. The van der Waals surface area contributed by atoms with Crippen molar-refractivity contribution in [2.45, 2.75) is 27.3 Å². The van der Waals surface area contributed by atoms with E-state index < -0.39 is 0 Å². The van der Waals surface area contributed by atoms with Crippen LogP contribution in [-0.4, -0.2) is 15.5 Å². The Balaban J connectivity index is 1.54. The van der Waals surface area contributed by atoms with Gasteiger partial charge in [-0.1, -0.05) is 0 Å². The summed E-state index contributed by atoms with van der Waals surface area (Å²) in [7, 11) is 0. The van der Waals surface area contributed by atoms with Crippen molar-refractivity contribution in [2.75, 3.05) is 5.32 Å². The summed E-state index contributed by atoms with van der Waals surface area (Å²) in [5.41, 5.74) is 6.42. The highest BCUT2D eigenvalue weighted by molar-refractivity contribution is 7.13. The lowest BCUT2D eigenvalue weighted by atomic mass is 10.2. The first-order chi connectivity index (χ1) is 13.6. The Morgan fingerprint density at radius 3 is 2.64 bits per heavy atom. The normalized spacial score (nSPS) is 11.0. The van der Waals surface area contributed by atoms with Crippen LogP contribution in [0.4, 0.5) is 5.69 Å². The molecule has 0 radical (unpaired) electrons. The third kappa shape index (κ3) is 3.39. The molecule has 0 spiro atoms. The lowest BCUT2D eigenvalue weighted by molar-refractivity contribution is 0.0996. The van der Waals surface area contributed by atoms with Crippen LogP contribution in [0.2, 0.25) is 0 Å². The number of rotatable bonds is 5. The molecule has 28 heavy (non-hydrogen) atoms. The molecule has 1 aromatic carbocycles. The Bertz CT molecular complexity index is 1110. The Morgan fingerprint density at radius 2 is 2.00 bits per heavy atom. The molecule has 0 aliphatic carbocycles. The second-order valence-electron chi connectivity index (χ2n) is 6.58. The van der Waals surface area contributed by atoms with Crippen LogP contribution in [0.1, 0.15) is 28.9 Å². The van der Waals surface area contributed by atoms with Gasteiger partial charge in [-0.3, -0.25) is 4.79 Å². The van der Waals surface area contributed by atoms with E-state index in [9.17, 15) is 4.79 Å². The van der Waals surface area contributed by atoms with E-state index in [0.29, 0.717) is 11.4 Å². The minimum atomic E-state index is -0.263. The number of carbonyl (C=O) groups excluding carboxylic acids is 1. The minimum absolute atomic E-state index is 0.263. The first-order valence-corrected chi connectivity index (χ1v) is 10.0. The Hall–Kier alpha value is -3.12. The van der Waals surface area contributed by atoms with E-state index in [-0.39, 0.29) is 5.91 Å². The number of benzene rings is 1. The van der Waals surface area contributed by atoms with E-state index in [1.54, 1.807) is 23.5 Å². The molecular formula is C22H21N3O2S. The third-order valence-corrected chi connectivity index (χ3v) is 5.70. The zero-order chi connectivity index (χ0) is 19.7. The van der Waals surface area contributed by atoms with E-state index in [0.717, 1.165) is 22.8 Å². The SMILES string of the molecule is CCn1c(C)cc(-c2csc(-c3ccc(NC(=O)c4ccco4)cc3)n2)c1C. The summed E-state index contributed by atoms with van der Waals surface area (Å²) >= 11 is 1.62. The van der Waals surface area contributed by atoms with Gasteiger partial charge in [0, 0.05) is 40.1 Å². The van der Waals surface area contributed by atoms with Crippen LogP contribution in [0.3, 0.4) is 0 Å². The largest absolute Gasteiger partial charge is 0.459 e. The summed E-state index contributed by atoms with van der Waals surface area (Å²) in [6.07, 6.45) is 1.48. The lowest BCUT2D eigenvalue weighted by Gasteiger charge is -2.05. The number of nitrogens with one attached hydrogen (secondary N) is 1. The second-order valence-corrected chi connectivity index (χ2v) is 7.43. The maximum Gasteiger partial charge on any atom is 0.291 e. The Labute approximate surface area is 167 Å². The zero-order valence-corrected chi connectivity index (χ0v) is 16.8. The van der Waals surface area contributed by atoms with Gasteiger partial charge in [0.25, 0.3) is 5.91 Å². The van der Waals surface area contributed by atoms with Crippen molar-refractivity contribution < 1.29 is 9.21 Å². The molecule has 0 bridgehead atoms. The fourth-order valence-electron chi connectivity index (χ4n) is 3.37. The van der Waals surface area contributed by atoms with E-state index >= 15 is 0 Å². The molecule has 4 rings (SSSR count). The molecule has 0 atom stereocenters. The third-order valence-electron chi connectivity index (χ3n) is 4.80. The monoisotopic (exact) mass is 391 g/mol. The van der Waals surface area contributed by atoms with Crippen LogP contribution in [0.15, 0.2) is 58.5 Å². The van der Waals surface area contributed by atoms with Gasteiger partial charge in [0.2, 0.25) is 0 Å². The van der Waals surface area contributed by atoms with Crippen LogP contribution in [0, 0.1) is 13.8 Å². The highest BCUT2D eigenvalue weighted by Crippen LogP contribution is 2.32. The maximum atomic E-state index is 12.1. The minimum Gasteiger partial charge on any atom is -0.459 e. The summed E-state index contributed by atoms with van der Waals surface area (Å²) in [5, 5.41) is 5.88. The standard InChI is InChI=1S/C22H21N3O2S/c1-4-25-14(2)12-18(15(25)3)19-13-28-22(24-19)16-7-9-17(10-8-16)23-21(26)20-6-5-11-27-20/h5-13H,4H2,1-3H3,(H,23,26). The molecule has 6 heteroatoms. The lowest BCUT2D eigenvalue weighted by Crippen LogP contribution is -2.10. The van der Waals surface area contributed by atoms with Gasteiger partial charge >= 0.3 is 0 Å². The van der Waals surface area contributed by atoms with E-state index in [4.69, 9.17) is 9.40 Å². The van der Waals surface area contributed by atoms with Gasteiger partial charge in [0.1, 0.15) is 5.01 Å². The molecular weight excluding hydrogens is 370 g/mol. The number of hydrogen-bond acceptors (Lipinski definition) is 4. The number of hydrogen-bond donors (Lipinski definition) is 1. The number of aryl methyl sites for hydroxylation is 1. The van der Waals surface area contributed by atoms with Crippen molar-refractivity contribution in [3.8, 4) is 21.8 Å². The predicted molar refractivity (Wildman–Crippen MR) is 113 cm³/mol. The number of anilines is 1. The topological polar surface area (TPSA) is 60.1 Å². The summed E-state index contributed by atoms with van der Waals surface area (Å²) in [4.78, 5) is 16.9. The van der Waals surface area contributed by atoms with Gasteiger partial charge in [-0.05, 0) is 63.2 Å². The molecule has 4 aromatic rings. The fraction of sp³-hybridized carbons (Fsp3) is 0.182. The van der Waals surface area contributed by atoms with E-state index in [2.05, 4.69) is 42.1 Å². The molecule has 0 unspecified atom stereocenters. The first-order valence-electron chi connectivity index (χ1n) is 9.14. The quantitative estimate of drug-likeness (QED) is 0.470. The molecule has 3 heterocycles. The highest BCUT2D eigenvalue weighted by atomic mass is 32.1. The van der Waals surface area contributed by atoms with Crippen LogP contribution in [-0.2, 0) is 6.54 Å². The van der Waals surface area contributed by atoms with Crippen LogP contribution in [0.5, 0.6) is 0 Å². The van der Waals surface area contributed by atoms with Crippen molar-refractivity contribution in [2.24, 2.45) is 0 Å². The predicted octanol–water partition coefficient (Wildman–Crippen LogP) is 5.76. The molecule has 0 aliphatic rings. The van der Waals surface area contributed by atoms with Crippen LogP contribution in [0.25, 0.3) is 21.8 Å². The van der Waals surface area contributed by atoms with Crippen molar-refractivity contribution in [3.05, 3.63) is 71.3 Å². The fourth-order valence-corrected chi connectivity index (χ4v) is 4.20. The number of aromatic nitrogens is 2. The summed E-state index contributed by atoms with van der Waals surface area (Å²) in [6, 6.07) is 13.2. The van der Waals surface area contributed by atoms with Crippen molar-refractivity contribution in [1.29, 1.82) is 0 Å². The average Bonchev–Trinajstić information content (AvgIpc) is 3.43. The zero-order valence-electron chi connectivity index (χ0n) is 16.0. The van der Waals surface area contributed by atoms with E-state index in [1.807, 2.05) is 24.3 Å². The van der Waals surface area contributed by atoms with E-state index in [1.165, 1.54) is 23.2 Å².